The lowest BCUT2D eigenvalue weighted by atomic mass is 10.2. The van der Waals surface area contributed by atoms with Crippen molar-refractivity contribution in [2.75, 3.05) is 13.2 Å². The second kappa shape index (κ2) is 4.80. The number of hydrogen-bond donors (Lipinski definition) is 0. The van der Waals surface area contributed by atoms with Crippen LogP contribution in [0.3, 0.4) is 0 Å². The van der Waals surface area contributed by atoms with E-state index < -0.39 is 5.82 Å². The molecule has 0 bridgehead atoms. The number of carbonyl (C=O) groups is 1. The zero-order valence-corrected chi connectivity index (χ0v) is 9.34. The monoisotopic (exact) mass is 243 g/mol. The van der Waals surface area contributed by atoms with Crippen LogP contribution in [0, 0.1) is 5.82 Å². The third kappa shape index (κ3) is 2.33. The largest absolute Gasteiger partial charge is 0.277 e. The van der Waals surface area contributed by atoms with Crippen LogP contribution in [0.2, 0.25) is 5.02 Å². The summed E-state index contributed by atoms with van der Waals surface area (Å²) in [6, 6.07) is 3.99. The summed E-state index contributed by atoms with van der Waals surface area (Å²) in [5.74, 6) is -0.917. The second-order valence-corrected chi connectivity index (χ2v) is 3.98. The highest BCUT2D eigenvalue weighted by Gasteiger charge is 2.20. The molecular formula is C11H11ClFNO2. The van der Waals surface area contributed by atoms with E-state index in [0.717, 1.165) is 18.9 Å². The normalized spacial score (nSPS) is 16.2. The van der Waals surface area contributed by atoms with Crippen LogP contribution in [0.4, 0.5) is 4.39 Å². The van der Waals surface area contributed by atoms with Crippen LogP contribution in [-0.2, 0) is 4.84 Å². The molecule has 1 aromatic carbocycles. The van der Waals surface area contributed by atoms with E-state index in [4.69, 9.17) is 16.4 Å². The van der Waals surface area contributed by atoms with E-state index in [0.29, 0.717) is 13.2 Å². The third-order valence-corrected chi connectivity index (χ3v) is 2.70. The summed E-state index contributed by atoms with van der Waals surface area (Å²) in [6.45, 7) is 1.07. The van der Waals surface area contributed by atoms with Gasteiger partial charge in [0, 0.05) is 12.1 Å². The van der Waals surface area contributed by atoms with Crippen molar-refractivity contribution in [2.45, 2.75) is 12.8 Å². The van der Waals surface area contributed by atoms with Crippen LogP contribution in [0.5, 0.6) is 0 Å². The van der Waals surface area contributed by atoms with Gasteiger partial charge in [-0.25, -0.2) is 9.45 Å². The Labute approximate surface area is 97.7 Å². The number of benzene rings is 1. The molecule has 1 amide bonds. The summed E-state index contributed by atoms with van der Waals surface area (Å²) >= 11 is 5.54. The van der Waals surface area contributed by atoms with E-state index in [1.165, 1.54) is 17.2 Å². The van der Waals surface area contributed by atoms with Gasteiger partial charge in [-0.1, -0.05) is 11.6 Å². The van der Waals surface area contributed by atoms with Crippen LogP contribution >= 0.6 is 11.6 Å². The molecule has 0 aromatic heterocycles. The minimum absolute atomic E-state index is 0.0103. The number of hydrogen-bond acceptors (Lipinski definition) is 2. The predicted octanol–water partition coefficient (Wildman–Crippen LogP) is 2.65. The molecule has 1 fully saturated rings. The minimum Gasteiger partial charge on any atom is -0.271 e. The van der Waals surface area contributed by atoms with Gasteiger partial charge in [0.05, 0.1) is 11.6 Å². The van der Waals surface area contributed by atoms with Gasteiger partial charge in [0.2, 0.25) is 0 Å². The molecular weight excluding hydrogens is 233 g/mol. The van der Waals surface area contributed by atoms with Crippen molar-refractivity contribution in [1.82, 2.24) is 5.06 Å². The molecule has 3 nitrogen and oxygen atoms in total. The molecule has 5 heteroatoms. The molecule has 0 spiro atoms. The van der Waals surface area contributed by atoms with Crippen molar-refractivity contribution in [3.05, 3.63) is 34.6 Å². The Balaban J connectivity index is 2.16. The molecule has 0 unspecified atom stereocenters. The second-order valence-electron chi connectivity index (χ2n) is 3.58. The summed E-state index contributed by atoms with van der Waals surface area (Å²) in [5, 5.41) is 1.28. The van der Waals surface area contributed by atoms with Crippen molar-refractivity contribution < 1.29 is 14.0 Å². The van der Waals surface area contributed by atoms with Crippen LogP contribution in [0.1, 0.15) is 23.2 Å². The van der Waals surface area contributed by atoms with Gasteiger partial charge in [-0.2, -0.15) is 0 Å². The van der Waals surface area contributed by atoms with Crippen molar-refractivity contribution in [2.24, 2.45) is 0 Å². The SMILES string of the molecule is O=C(c1ccc(Cl)c(F)c1)N1CCCCO1. The Morgan fingerprint density at radius 2 is 2.25 bits per heavy atom. The summed E-state index contributed by atoms with van der Waals surface area (Å²) < 4.78 is 13.2. The Morgan fingerprint density at radius 1 is 1.44 bits per heavy atom. The van der Waals surface area contributed by atoms with E-state index in [9.17, 15) is 9.18 Å². The molecule has 0 saturated carbocycles. The van der Waals surface area contributed by atoms with Gasteiger partial charge >= 0.3 is 0 Å². The van der Waals surface area contributed by atoms with E-state index in [2.05, 4.69) is 0 Å². The van der Waals surface area contributed by atoms with Gasteiger partial charge in [0.15, 0.2) is 0 Å². The maximum Gasteiger partial charge on any atom is 0.277 e. The first-order valence-electron chi connectivity index (χ1n) is 5.08. The van der Waals surface area contributed by atoms with Crippen molar-refractivity contribution in [3.8, 4) is 0 Å². The highest BCUT2D eigenvalue weighted by atomic mass is 35.5. The molecule has 86 valence electrons. The quantitative estimate of drug-likeness (QED) is 0.759. The van der Waals surface area contributed by atoms with Gasteiger partial charge in [0.1, 0.15) is 5.82 Å². The molecule has 1 aromatic rings. The van der Waals surface area contributed by atoms with Gasteiger partial charge in [-0.3, -0.25) is 9.63 Å². The summed E-state index contributed by atoms with van der Waals surface area (Å²) in [6.07, 6.45) is 1.85. The fraction of sp³-hybridized carbons (Fsp3) is 0.364. The highest BCUT2D eigenvalue weighted by Crippen LogP contribution is 2.18. The molecule has 1 aliphatic heterocycles. The number of halogens is 2. The molecule has 2 rings (SSSR count). The number of nitrogens with zero attached hydrogens (tertiary/aromatic N) is 1. The summed E-state index contributed by atoms with van der Waals surface area (Å²) in [4.78, 5) is 17.0. The zero-order valence-electron chi connectivity index (χ0n) is 8.58. The molecule has 0 N–H and O–H groups in total. The van der Waals surface area contributed by atoms with Crippen molar-refractivity contribution >= 4 is 17.5 Å². The third-order valence-electron chi connectivity index (χ3n) is 2.40. The van der Waals surface area contributed by atoms with E-state index >= 15 is 0 Å². The molecule has 16 heavy (non-hydrogen) atoms. The van der Waals surface area contributed by atoms with E-state index in [1.54, 1.807) is 0 Å². The maximum atomic E-state index is 13.2. The van der Waals surface area contributed by atoms with E-state index in [-0.39, 0.29) is 16.5 Å². The first-order valence-corrected chi connectivity index (χ1v) is 5.46. The lowest BCUT2D eigenvalue weighted by Gasteiger charge is -2.25. The van der Waals surface area contributed by atoms with Crippen LogP contribution in [0.15, 0.2) is 18.2 Å². The van der Waals surface area contributed by atoms with Crippen molar-refractivity contribution in [3.63, 3.8) is 0 Å². The molecule has 1 heterocycles. The van der Waals surface area contributed by atoms with Gasteiger partial charge in [-0.05, 0) is 31.0 Å². The fourth-order valence-corrected chi connectivity index (χ4v) is 1.65. The fourth-order valence-electron chi connectivity index (χ4n) is 1.53. The highest BCUT2D eigenvalue weighted by molar-refractivity contribution is 6.30. The molecule has 0 atom stereocenters. The number of amides is 1. The van der Waals surface area contributed by atoms with Gasteiger partial charge < -0.3 is 0 Å². The molecule has 0 aliphatic carbocycles. The summed E-state index contributed by atoms with van der Waals surface area (Å²) in [5.41, 5.74) is 0.254. The smallest absolute Gasteiger partial charge is 0.271 e. The Bertz CT molecular complexity index is 405. The van der Waals surface area contributed by atoms with Crippen molar-refractivity contribution in [1.29, 1.82) is 0 Å². The standard InChI is InChI=1S/C11H11ClFNO2/c12-9-4-3-8(7-10(9)13)11(15)14-5-1-2-6-16-14/h3-4,7H,1-2,5-6H2. The number of carbonyl (C=O) groups excluding carboxylic acids is 1. The Kier molecular flexibility index (Phi) is 3.41. The van der Waals surface area contributed by atoms with E-state index in [1.807, 2.05) is 0 Å². The van der Waals surface area contributed by atoms with Crippen LogP contribution < -0.4 is 0 Å². The lowest BCUT2D eigenvalue weighted by Crippen LogP contribution is -2.35. The zero-order chi connectivity index (χ0) is 11.5. The molecule has 0 radical (unpaired) electrons. The van der Waals surface area contributed by atoms with Crippen LogP contribution in [-0.4, -0.2) is 24.1 Å². The Hall–Kier alpha value is -1.13. The average Bonchev–Trinajstić information content (AvgIpc) is 2.33. The molecule has 1 saturated heterocycles. The average molecular weight is 244 g/mol. The predicted molar refractivity (Wildman–Crippen MR) is 57.6 cm³/mol. The number of rotatable bonds is 1. The van der Waals surface area contributed by atoms with Crippen LogP contribution in [0.25, 0.3) is 0 Å². The van der Waals surface area contributed by atoms with Gasteiger partial charge in [0.25, 0.3) is 5.91 Å². The molecule has 1 aliphatic rings. The van der Waals surface area contributed by atoms with Gasteiger partial charge in [-0.15, -0.1) is 0 Å². The first-order chi connectivity index (χ1) is 7.68. The number of hydroxylamine groups is 2. The summed E-state index contributed by atoms with van der Waals surface area (Å²) in [7, 11) is 0. The maximum absolute atomic E-state index is 13.2. The lowest BCUT2D eigenvalue weighted by molar-refractivity contribution is -0.144. The minimum atomic E-state index is -0.593. The first kappa shape index (κ1) is 11.4. The topological polar surface area (TPSA) is 29.5 Å². The Morgan fingerprint density at radius 3 is 2.88 bits per heavy atom.